The van der Waals surface area contributed by atoms with Crippen LogP contribution in [0.5, 0.6) is 0 Å². The van der Waals surface area contributed by atoms with Crippen molar-refractivity contribution in [1.29, 1.82) is 0 Å². The van der Waals surface area contributed by atoms with Crippen molar-refractivity contribution in [2.24, 2.45) is 5.92 Å². The van der Waals surface area contributed by atoms with E-state index in [0.29, 0.717) is 17.0 Å². The molecule has 0 saturated carbocycles. The summed E-state index contributed by atoms with van der Waals surface area (Å²) < 4.78 is 0. The second-order valence-electron chi connectivity index (χ2n) is 14.8. The van der Waals surface area contributed by atoms with Crippen LogP contribution in [0.15, 0.2) is 133 Å². The van der Waals surface area contributed by atoms with Crippen molar-refractivity contribution >= 4 is 51.3 Å². The lowest BCUT2D eigenvalue weighted by atomic mass is 9.87. The molecule has 5 nitrogen and oxygen atoms in total. The van der Waals surface area contributed by atoms with E-state index >= 15 is 0 Å². The van der Waals surface area contributed by atoms with Gasteiger partial charge in [-0.15, -0.1) is 0 Å². The predicted molar refractivity (Wildman–Crippen MR) is 258 cm³/mol. The Balaban J connectivity index is 1.74. The normalized spacial score (nSPS) is 10.9. The molecule has 5 rings (SSSR count). The van der Waals surface area contributed by atoms with Crippen LogP contribution in [0.25, 0.3) is 11.1 Å². The van der Waals surface area contributed by atoms with E-state index in [2.05, 4.69) is 184 Å². The smallest absolute Gasteiger partial charge is 0.163 e. The van der Waals surface area contributed by atoms with E-state index in [4.69, 9.17) is 11.6 Å². The Morgan fingerprint density at radius 2 is 0.644 bits per heavy atom. The van der Waals surface area contributed by atoms with Gasteiger partial charge in [-0.05, 0) is 162 Å². The molecule has 0 spiro atoms. The molecule has 0 N–H and O–H groups in total. The number of Topliss-reactive ketones (excluding diaryl/α,β-unsaturated/α-hetero) is 1. The number of allylic oxidation sites excluding steroid dienone is 2. The summed E-state index contributed by atoms with van der Waals surface area (Å²) in [5.41, 5.74) is 12.1. The molecule has 0 saturated heterocycles. The Labute approximate surface area is 360 Å². The van der Waals surface area contributed by atoms with Gasteiger partial charge in [-0.1, -0.05) is 72.3 Å². The molecule has 5 aromatic rings. The molecule has 0 aliphatic heterocycles. The highest BCUT2D eigenvalue weighted by atomic mass is 35.5. The first-order chi connectivity index (χ1) is 28.7. The first kappa shape index (κ1) is 44.8. The minimum absolute atomic E-state index is 0.0698. The first-order valence-corrected chi connectivity index (χ1v) is 22.2. The van der Waals surface area contributed by atoms with E-state index in [0.717, 1.165) is 85.8 Å². The van der Waals surface area contributed by atoms with Crippen molar-refractivity contribution in [3.63, 3.8) is 0 Å². The van der Waals surface area contributed by atoms with Crippen LogP contribution < -0.4 is 19.6 Å². The Kier molecular flexibility index (Phi) is 16.9. The number of benzene rings is 5. The van der Waals surface area contributed by atoms with Gasteiger partial charge >= 0.3 is 0 Å². The third kappa shape index (κ3) is 11.5. The summed E-state index contributed by atoms with van der Waals surface area (Å²) in [6.45, 7) is 25.1. The quantitative estimate of drug-likeness (QED) is 0.0689. The maximum atomic E-state index is 14.3. The number of rotatable bonds is 21. The Morgan fingerprint density at radius 3 is 0.881 bits per heavy atom. The summed E-state index contributed by atoms with van der Waals surface area (Å²) in [6, 6.07) is 43.0. The van der Waals surface area contributed by atoms with Crippen LogP contribution in [-0.4, -0.2) is 58.1 Å². The molecule has 0 aliphatic rings. The van der Waals surface area contributed by atoms with Crippen molar-refractivity contribution < 1.29 is 4.79 Å². The monoisotopic (exact) mass is 808 g/mol. The number of carbonyl (C=O) groups excluding carboxylic acids is 1. The van der Waals surface area contributed by atoms with E-state index < -0.39 is 0 Å². The molecule has 6 heteroatoms. The van der Waals surface area contributed by atoms with Crippen molar-refractivity contribution in [1.82, 2.24) is 0 Å². The minimum Gasteiger partial charge on any atom is -0.372 e. The topological polar surface area (TPSA) is 30.0 Å². The molecule has 0 aromatic heterocycles. The van der Waals surface area contributed by atoms with Crippen LogP contribution >= 0.6 is 11.6 Å². The van der Waals surface area contributed by atoms with Crippen molar-refractivity contribution in [3.05, 3.63) is 166 Å². The molecule has 0 unspecified atom stereocenters. The molecular weight excluding hydrogens is 744 g/mol. The first-order valence-electron chi connectivity index (χ1n) is 21.8. The van der Waals surface area contributed by atoms with E-state index in [-0.39, 0.29) is 11.7 Å². The standard InChI is InChI=1S/C53H65ClN4O/c1-9-55(10-2)47-29-19-41(20-30-47)51(42-21-31-48(32-22-42)56(11-3)12-4)37-40(39-53(59)45-17-27-46(54)28-18-45)38-52(43-23-33-49(34-24-43)57(13-5)14-6)44-25-35-50(36-26-44)58(15-7)16-8/h17-38,40H,9-16,39H2,1-8H3. The van der Waals surface area contributed by atoms with Gasteiger partial charge in [0, 0.05) is 98.0 Å². The number of ketones is 1. The Bertz CT molecular complexity index is 1850. The van der Waals surface area contributed by atoms with Gasteiger partial charge in [0.2, 0.25) is 0 Å². The molecule has 310 valence electrons. The van der Waals surface area contributed by atoms with Gasteiger partial charge in [0.25, 0.3) is 0 Å². The maximum absolute atomic E-state index is 14.3. The zero-order chi connectivity index (χ0) is 42.3. The average molecular weight is 810 g/mol. The molecule has 0 heterocycles. The van der Waals surface area contributed by atoms with Gasteiger partial charge in [0.05, 0.1) is 0 Å². The summed E-state index contributed by atoms with van der Waals surface area (Å²) in [6.07, 6.45) is 4.93. The zero-order valence-electron chi connectivity index (χ0n) is 36.7. The molecular formula is C53H65ClN4O. The van der Waals surface area contributed by atoms with Crippen LogP contribution in [0.1, 0.15) is 94.4 Å². The zero-order valence-corrected chi connectivity index (χ0v) is 37.5. The van der Waals surface area contributed by atoms with Crippen LogP contribution in [0.4, 0.5) is 22.7 Å². The summed E-state index contributed by atoms with van der Waals surface area (Å²) in [4.78, 5) is 23.8. The summed E-state index contributed by atoms with van der Waals surface area (Å²) in [5, 5.41) is 0.616. The van der Waals surface area contributed by atoms with Crippen molar-refractivity contribution in [3.8, 4) is 0 Å². The molecule has 0 bridgehead atoms. The SMILES string of the molecule is CCN(CC)c1ccc(C(=CC(C=C(c2ccc(N(CC)CC)cc2)c2ccc(N(CC)CC)cc2)CC(=O)c2ccc(Cl)cc2)c2ccc(N(CC)CC)cc2)cc1. The van der Waals surface area contributed by atoms with E-state index in [1.807, 2.05) is 12.1 Å². The van der Waals surface area contributed by atoms with Crippen LogP contribution in [0, 0.1) is 5.92 Å². The van der Waals surface area contributed by atoms with Gasteiger partial charge < -0.3 is 19.6 Å². The fourth-order valence-electron chi connectivity index (χ4n) is 8.04. The highest BCUT2D eigenvalue weighted by Gasteiger charge is 2.19. The van der Waals surface area contributed by atoms with Crippen LogP contribution in [0.2, 0.25) is 5.02 Å². The summed E-state index contributed by atoms with van der Waals surface area (Å²) in [7, 11) is 0. The molecule has 59 heavy (non-hydrogen) atoms. The molecule has 5 aromatic carbocycles. The largest absolute Gasteiger partial charge is 0.372 e. The predicted octanol–water partition coefficient (Wildman–Crippen LogP) is 13.2. The number of hydrogen-bond acceptors (Lipinski definition) is 5. The lowest BCUT2D eigenvalue weighted by Gasteiger charge is -2.23. The second-order valence-corrected chi connectivity index (χ2v) is 15.3. The number of hydrogen-bond donors (Lipinski definition) is 0. The fourth-order valence-corrected chi connectivity index (χ4v) is 8.17. The summed E-state index contributed by atoms with van der Waals surface area (Å²) >= 11 is 6.29. The van der Waals surface area contributed by atoms with Crippen LogP contribution in [0.3, 0.4) is 0 Å². The third-order valence-electron chi connectivity index (χ3n) is 11.6. The molecule has 0 aliphatic carbocycles. The number of anilines is 4. The fraction of sp³-hybridized carbons (Fsp3) is 0.340. The van der Waals surface area contributed by atoms with E-state index in [1.54, 1.807) is 12.1 Å². The highest BCUT2D eigenvalue weighted by Crippen LogP contribution is 2.34. The molecule has 0 amide bonds. The number of carbonyl (C=O) groups is 1. The minimum atomic E-state index is -0.252. The van der Waals surface area contributed by atoms with Gasteiger partial charge in [0.1, 0.15) is 0 Å². The van der Waals surface area contributed by atoms with Crippen LogP contribution in [-0.2, 0) is 0 Å². The second kappa shape index (κ2) is 22.2. The van der Waals surface area contributed by atoms with Crippen molar-refractivity contribution in [2.75, 3.05) is 72.0 Å². The molecule has 0 fully saturated rings. The average Bonchev–Trinajstić information content (AvgIpc) is 3.27. The number of nitrogens with zero attached hydrogens (tertiary/aromatic N) is 4. The molecule has 0 atom stereocenters. The Hall–Kier alpha value is -5.26. The lowest BCUT2D eigenvalue weighted by Crippen LogP contribution is -2.21. The van der Waals surface area contributed by atoms with Gasteiger partial charge in [-0.2, -0.15) is 0 Å². The van der Waals surface area contributed by atoms with Gasteiger partial charge in [0.15, 0.2) is 5.78 Å². The highest BCUT2D eigenvalue weighted by molar-refractivity contribution is 6.30. The van der Waals surface area contributed by atoms with E-state index in [1.165, 1.54) is 22.7 Å². The number of halogens is 1. The van der Waals surface area contributed by atoms with E-state index in [9.17, 15) is 4.79 Å². The Morgan fingerprint density at radius 1 is 0.407 bits per heavy atom. The van der Waals surface area contributed by atoms with Gasteiger partial charge in [-0.25, -0.2) is 0 Å². The summed E-state index contributed by atoms with van der Waals surface area (Å²) in [5.74, 6) is -0.182. The molecule has 0 radical (unpaired) electrons. The maximum Gasteiger partial charge on any atom is 0.163 e. The van der Waals surface area contributed by atoms with Gasteiger partial charge in [-0.3, -0.25) is 4.79 Å². The lowest BCUT2D eigenvalue weighted by molar-refractivity contribution is 0.0975. The van der Waals surface area contributed by atoms with Crippen molar-refractivity contribution in [2.45, 2.75) is 61.8 Å². The third-order valence-corrected chi connectivity index (χ3v) is 11.8.